The van der Waals surface area contributed by atoms with Crippen molar-refractivity contribution in [1.29, 1.82) is 0 Å². The van der Waals surface area contributed by atoms with Gasteiger partial charge >= 0.3 is 0 Å². The molecular weight excluding hydrogens is 342 g/mol. The summed E-state index contributed by atoms with van der Waals surface area (Å²) in [4.78, 5) is 26.1. The number of aryl methyl sites for hydroxylation is 1. The topological polar surface area (TPSA) is 64.4 Å². The molecule has 0 unspecified atom stereocenters. The fourth-order valence-corrected chi connectivity index (χ4v) is 3.06. The Bertz CT molecular complexity index is 777. The van der Waals surface area contributed by atoms with Crippen LogP contribution < -0.4 is 4.74 Å². The quantitative estimate of drug-likeness (QED) is 0.785. The number of ketones is 1. The van der Waals surface area contributed by atoms with E-state index in [1.165, 1.54) is 11.6 Å². The van der Waals surface area contributed by atoms with Crippen LogP contribution in [0.4, 0.5) is 0 Å². The second-order valence-electron chi connectivity index (χ2n) is 6.18. The molecule has 132 valence electrons. The summed E-state index contributed by atoms with van der Waals surface area (Å²) in [5.41, 5.74) is 0.596. The summed E-state index contributed by atoms with van der Waals surface area (Å²) in [7, 11) is 1.70. The lowest BCUT2D eigenvalue weighted by Crippen LogP contribution is -2.42. The molecular formula is C18H20ClN3O3. The van der Waals surface area contributed by atoms with Crippen LogP contribution in [0.1, 0.15) is 40.6 Å². The minimum Gasteiger partial charge on any atom is -0.490 e. The van der Waals surface area contributed by atoms with E-state index in [-0.39, 0.29) is 23.5 Å². The van der Waals surface area contributed by atoms with Crippen LogP contribution in [0.15, 0.2) is 30.5 Å². The average molecular weight is 362 g/mol. The fraction of sp³-hybridized carbons (Fsp3) is 0.389. The lowest BCUT2D eigenvalue weighted by atomic mass is 10.1. The Morgan fingerprint density at radius 3 is 2.44 bits per heavy atom. The summed E-state index contributed by atoms with van der Waals surface area (Å²) in [5.74, 6) is 0.422. The van der Waals surface area contributed by atoms with Crippen molar-refractivity contribution in [2.24, 2.45) is 7.05 Å². The van der Waals surface area contributed by atoms with E-state index in [1.807, 2.05) is 12.1 Å². The van der Waals surface area contributed by atoms with Gasteiger partial charge in [0, 0.05) is 44.2 Å². The minimum atomic E-state index is -0.198. The molecule has 1 aliphatic rings. The van der Waals surface area contributed by atoms with Crippen LogP contribution in [0.3, 0.4) is 0 Å². The average Bonchev–Trinajstić information content (AvgIpc) is 2.99. The third kappa shape index (κ3) is 4.02. The van der Waals surface area contributed by atoms with Gasteiger partial charge in [-0.2, -0.15) is 5.10 Å². The predicted octanol–water partition coefficient (Wildman–Crippen LogP) is 2.96. The molecule has 0 atom stereocenters. The van der Waals surface area contributed by atoms with E-state index >= 15 is 0 Å². The second-order valence-corrected chi connectivity index (χ2v) is 6.62. The molecule has 0 radical (unpaired) electrons. The van der Waals surface area contributed by atoms with Crippen molar-refractivity contribution in [3.05, 3.63) is 46.7 Å². The van der Waals surface area contributed by atoms with E-state index in [9.17, 15) is 9.59 Å². The van der Waals surface area contributed by atoms with Gasteiger partial charge in [-0.1, -0.05) is 11.6 Å². The molecule has 7 heteroatoms. The number of aromatic nitrogens is 2. The third-order valence-corrected chi connectivity index (χ3v) is 4.51. The predicted molar refractivity (Wildman–Crippen MR) is 94.2 cm³/mol. The van der Waals surface area contributed by atoms with Gasteiger partial charge in [-0.25, -0.2) is 0 Å². The number of amides is 1. The summed E-state index contributed by atoms with van der Waals surface area (Å²) in [6.07, 6.45) is 3.11. The molecule has 1 aliphatic heterocycles. The van der Waals surface area contributed by atoms with Crippen molar-refractivity contribution >= 4 is 23.3 Å². The molecule has 25 heavy (non-hydrogen) atoms. The number of hydrogen-bond acceptors (Lipinski definition) is 4. The molecule has 6 nitrogen and oxygen atoms in total. The van der Waals surface area contributed by atoms with Gasteiger partial charge in [-0.15, -0.1) is 0 Å². The Morgan fingerprint density at radius 1 is 1.20 bits per heavy atom. The van der Waals surface area contributed by atoms with Gasteiger partial charge in [-0.3, -0.25) is 14.3 Å². The minimum absolute atomic E-state index is 0.0567. The van der Waals surface area contributed by atoms with Gasteiger partial charge in [0.2, 0.25) is 0 Å². The van der Waals surface area contributed by atoms with Crippen molar-refractivity contribution < 1.29 is 14.3 Å². The van der Waals surface area contributed by atoms with Crippen LogP contribution >= 0.6 is 11.6 Å². The molecule has 2 aromatic rings. The first kappa shape index (κ1) is 17.5. The summed E-state index contributed by atoms with van der Waals surface area (Å²) in [6.45, 7) is 2.59. The van der Waals surface area contributed by atoms with Gasteiger partial charge in [-0.05, 0) is 31.2 Å². The van der Waals surface area contributed by atoms with Crippen molar-refractivity contribution in [3.63, 3.8) is 0 Å². The number of halogens is 1. The maximum Gasteiger partial charge on any atom is 0.275 e. The summed E-state index contributed by atoms with van der Waals surface area (Å²) in [5, 5.41) is 4.83. The summed E-state index contributed by atoms with van der Waals surface area (Å²) >= 11 is 5.87. The number of rotatable bonds is 4. The standard InChI is InChI=1S/C18H20ClN3O3/c1-12(23)16-11-21(2)20-17(16)18(24)22-9-7-15(8-10-22)25-14-5-3-13(19)4-6-14/h3-6,11,15H,7-10H2,1-2H3. The van der Waals surface area contributed by atoms with Crippen LogP contribution in [-0.2, 0) is 7.05 Å². The maximum absolute atomic E-state index is 12.7. The molecule has 0 bridgehead atoms. The van der Waals surface area contributed by atoms with E-state index < -0.39 is 0 Å². The zero-order valence-electron chi connectivity index (χ0n) is 14.2. The van der Waals surface area contributed by atoms with Crippen molar-refractivity contribution in [1.82, 2.24) is 14.7 Å². The van der Waals surface area contributed by atoms with Crippen molar-refractivity contribution in [2.75, 3.05) is 13.1 Å². The Balaban J connectivity index is 1.61. The lowest BCUT2D eigenvalue weighted by Gasteiger charge is -2.32. The van der Waals surface area contributed by atoms with Gasteiger partial charge in [0.1, 0.15) is 11.9 Å². The molecule has 0 spiro atoms. The number of carbonyl (C=O) groups excluding carboxylic acids is 2. The Labute approximate surface area is 151 Å². The van der Waals surface area contributed by atoms with E-state index in [0.29, 0.717) is 23.7 Å². The van der Waals surface area contributed by atoms with Gasteiger partial charge in [0.25, 0.3) is 5.91 Å². The molecule has 3 rings (SSSR count). The van der Waals surface area contributed by atoms with E-state index in [4.69, 9.17) is 16.3 Å². The highest BCUT2D eigenvalue weighted by atomic mass is 35.5. The Morgan fingerprint density at radius 2 is 1.84 bits per heavy atom. The highest BCUT2D eigenvalue weighted by Crippen LogP contribution is 2.22. The number of benzene rings is 1. The number of nitrogens with zero attached hydrogens (tertiary/aromatic N) is 3. The monoisotopic (exact) mass is 361 g/mol. The molecule has 2 heterocycles. The van der Waals surface area contributed by atoms with Gasteiger partial charge in [0.05, 0.1) is 5.56 Å². The normalized spacial score (nSPS) is 15.2. The first-order valence-corrected chi connectivity index (χ1v) is 8.58. The van der Waals surface area contributed by atoms with Crippen LogP contribution in [0.5, 0.6) is 5.75 Å². The highest BCUT2D eigenvalue weighted by Gasteiger charge is 2.28. The van der Waals surface area contributed by atoms with Crippen LogP contribution in [0, 0.1) is 0 Å². The first-order valence-electron chi connectivity index (χ1n) is 8.20. The molecule has 1 aromatic carbocycles. The Hall–Kier alpha value is -2.34. The lowest BCUT2D eigenvalue weighted by molar-refractivity contribution is 0.0586. The molecule has 1 amide bonds. The van der Waals surface area contributed by atoms with E-state index in [0.717, 1.165) is 18.6 Å². The SMILES string of the molecule is CC(=O)c1cn(C)nc1C(=O)N1CCC(Oc2ccc(Cl)cc2)CC1. The molecule has 1 saturated heterocycles. The van der Waals surface area contributed by atoms with Crippen molar-refractivity contribution in [2.45, 2.75) is 25.9 Å². The first-order chi connectivity index (χ1) is 11.9. The molecule has 0 N–H and O–H groups in total. The number of Topliss-reactive ketones (excluding diaryl/α,β-unsaturated/α-hetero) is 1. The highest BCUT2D eigenvalue weighted by molar-refractivity contribution is 6.30. The largest absolute Gasteiger partial charge is 0.490 e. The van der Waals surface area contributed by atoms with E-state index in [2.05, 4.69) is 5.10 Å². The number of hydrogen-bond donors (Lipinski definition) is 0. The maximum atomic E-state index is 12.7. The third-order valence-electron chi connectivity index (χ3n) is 4.26. The molecule has 1 aromatic heterocycles. The number of piperidine rings is 1. The number of likely N-dealkylation sites (tertiary alicyclic amines) is 1. The molecule has 1 fully saturated rings. The number of carbonyl (C=O) groups is 2. The fourth-order valence-electron chi connectivity index (χ4n) is 2.94. The van der Waals surface area contributed by atoms with Crippen LogP contribution in [0.25, 0.3) is 0 Å². The van der Waals surface area contributed by atoms with Gasteiger partial charge < -0.3 is 9.64 Å². The van der Waals surface area contributed by atoms with E-state index in [1.54, 1.807) is 30.3 Å². The van der Waals surface area contributed by atoms with Gasteiger partial charge in [0.15, 0.2) is 11.5 Å². The molecule has 0 aliphatic carbocycles. The smallest absolute Gasteiger partial charge is 0.275 e. The second kappa shape index (κ2) is 7.27. The molecule has 0 saturated carbocycles. The van der Waals surface area contributed by atoms with Crippen LogP contribution in [0.2, 0.25) is 5.02 Å². The summed E-state index contributed by atoms with van der Waals surface area (Å²) < 4.78 is 7.44. The van der Waals surface area contributed by atoms with Crippen molar-refractivity contribution in [3.8, 4) is 5.75 Å². The zero-order valence-corrected chi connectivity index (χ0v) is 15.0. The van der Waals surface area contributed by atoms with Crippen LogP contribution in [-0.4, -0.2) is 45.6 Å². The number of ether oxygens (including phenoxy) is 1. The summed E-state index contributed by atoms with van der Waals surface area (Å²) in [6, 6.07) is 7.26. The Kier molecular flexibility index (Phi) is 5.08. The zero-order chi connectivity index (χ0) is 18.0.